The third-order valence-corrected chi connectivity index (χ3v) is 10.3. The van der Waals surface area contributed by atoms with E-state index in [1.807, 2.05) is 0 Å². The number of hydrogen-bond acceptors (Lipinski definition) is 10. The fraction of sp³-hybridized carbons (Fsp3) is 0.867. The number of rotatable bonds is 37. The van der Waals surface area contributed by atoms with Crippen LogP contribution >= 0.6 is 0 Å². The van der Waals surface area contributed by atoms with E-state index in [2.05, 4.69) is 38.2 Å². The molecule has 10 nitrogen and oxygen atoms in total. The summed E-state index contributed by atoms with van der Waals surface area (Å²) in [5.41, 5.74) is 0. The topological polar surface area (TPSA) is 152 Å². The molecular formula is C45H82O10. The molecule has 1 heterocycles. The third kappa shape index (κ3) is 28.3. The monoisotopic (exact) mass is 783 g/mol. The number of carbonyl (C=O) groups excluding carboxylic acids is 2. The van der Waals surface area contributed by atoms with Crippen LogP contribution in [0.15, 0.2) is 24.3 Å². The fourth-order valence-corrected chi connectivity index (χ4v) is 6.71. The average Bonchev–Trinajstić information content (AvgIpc) is 3.18. The number of ether oxygens (including phenoxy) is 4. The first kappa shape index (κ1) is 51.2. The summed E-state index contributed by atoms with van der Waals surface area (Å²) in [6, 6.07) is 0. The van der Waals surface area contributed by atoms with Crippen LogP contribution in [0, 0.1) is 0 Å². The molecule has 1 aliphatic rings. The van der Waals surface area contributed by atoms with Gasteiger partial charge < -0.3 is 39.4 Å². The van der Waals surface area contributed by atoms with Gasteiger partial charge in [-0.05, 0) is 64.2 Å². The Balaban J connectivity index is 2.33. The highest BCUT2D eigenvalue weighted by atomic mass is 16.7. The van der Waals surface area contributed by atoms with Crippen molar-refractivity contribution in [3.05, 3.63) is 24.3 Å². The number of esters is 2. The lowest BCUT2D eigenvalue weighted by Crippen LogP contribution is -2.59. The minimum absolute atomic E-state index is 0.219. The molecule has 55 heavy (non-hydrogen) atoms. The number of aliphatic hydroxyl groups excluding tert-OH is 4. The van der Waals surface area contributed by atoms with Crippen LogP contribution in [0.1, 0.15) is 194 Å². The summed E-state index contributed by atoms with van der Waals surface area (Å²) in [6.07, 6.45) is 31.8. The second-order valence-corrected chi connectivity index (χ2v) is 15.5. The minimum Gasteiger partial charge on any atom is -0.462 e. The summed E-state index contributed by atoms with van der Waals surface area (Å²) in [6.45, 7) is 3.39. The summed E-state index contributed by atoms with van der Waals surface area (Å²) >= 11 is 0. The van der Waals surface area contributed by atoms with Crippen molar-refractivity contribution >= 4 is 11.9 Å². The molecule has 10 heteroatoms. The molecule has 6 atom stereocenters. The Bertz CT molecular complexity index is 954. The third-order valence-electron chi connectivity index (χ3n) is 10.3. The maximum Gasteiger partial charge on any atom is 0.306 e. The molecule has 1 rings (SSSR count). The van der Waals surface area contributed by atoms with Crippen LogP contribution in [-0.2, 0) is 28.5 Å². The molecule has 0 aliphatic carbocycles. The maximum atomic E-state index is 12.8. The molecule has 0 unspecified atom stereocenters. The Kier molecular flexibility index (Phi) is 34.0. The zero-order valence-electron chi connectivity index (χ0n) is 34.9. The minimum atomic E-state index is -1.59. The zero-order valence-corrected chi connectivity index (χ0v) is 34.9. The van der Waals surface area contributed by atoms with E-state index < -0.39 is 49.4 Å². The Hall–Kier alpha value is -1.82. The first-order chi connectivity index (χ1) is 26.8. The van der Waals surface area contributed by atoms with Crippen LogP contribution in [0.4, 0.5) is 0 Å². The second kappa shape index (κ2) is 36.5. The van der Waals surface area contributed by atoms with E-state index in [0.717, 1.165) is 57.8 Å². The maximum absolute atomic E-state index is 12.8. The Morgan fingerprint density at radius 2 is 0.964 bits per heavy atom. The highest BCUT2D eigenvalue weighted by Gasteiger charge is 2.44. The van der Waals surface area contributed by atoms with Crippen molar-refractivity contribution in [2.45, 2.75) is 230 Å². The first-order valence-corrected chi connectivity index (χ1v) is 22.4. The van der Waals surface area contributed by atoms with Crippen LogP contribution in [0.2, 0.25) is 0 Å². The number of aliphatic hydroxyl groups is 4. The molecule has 0 bridgehead atoms. The Labute approximate surface area is 334 Å². The number of hydrogen-bond donors (Lipinski definition) is 4. The smallest absolute Gasteiger partial charge is 0.306 e. The molecule has 0 radical (unpaired) electrons. The average molecular weight is 783 g/mol. The van der Waals surface area contributed by atoms with Gasteiger partial charge in [0.1, 0.15) is 31.0 Å². The largest absolute Gasteiger partial charge is 0.462 e. The summed E-state index contributed by atoms with van der Waals surface area (Å²) in [5.74, 6) is -0.813. The quantitative estimate of drug-likeness (QED) is 0.0273. The van der Waals surface area contributed by atoms with Gasteiger partial charge in [0.2, 0.25) is 0 Å². The van der Waals surface area contributed by atoms with E-state index in [1.165, 1.54) is 103 Å². The molecule has 322 valence electrons. The van der Waals surface area contributed by atoms with Gasteiger partial charge in [0.05, 0.1) is 13.2 Å². The van der Waals surface area contributed by atoms with Gasteiger partial charge >= 0.3 is 11.9 Å². The molecule has 0 aromatic carbocycles. The molecule has 1 aliphatic heterocycles. The van der Waals surface area contributed by atoms with Crippen LogP contribution in [0.5, 0.6) is 0 Å². The summed E-state index contributed by atoms with van der Waals surface area (Å²) in [4.78, 5) is 25.3. The van der Waals surface area contributed by atoms with Crippen LogP contribution in [-0.4, -0.2) is 89.0 Å². The normalized spacial score (nSPS) is 20.7. The summed E-state index contributed by atoms with van der Waals surface area (Å²) < 4.78 is 22.1. The molecule has 0 aromatic rings. The van der Waals surface area contributed by atoms with E-state index in [9.17, 15) is 30.0 Å². The number of unbranched alkanes of at least 4 members (excludes halogenated alkanes) is 22. The fourth-order valence-electron chi connectivity index (χ4n) is 6.71. The lowest BCUT2D eigenvalue weighted by atomic mass is 9.99. The predicted molar refractivity (Wildman–Crippen MR) is 219 cm³/mol. The van der Waals surface area contributed by atoms with Crippen LogP contribution in [0.25, 0.3) is 0 Å². The number of allylic oxidation sites excluding steroid dienone is 4. The van der Waals surface area contributed by atoms with E-state index in [1.54, 1.807) is 0 Å². The van der Waals surface area contributed by atoms with Gasteiger partial charge in [-0.2, -0.15) is 0 Å². The Morgan fingerprint density at radius 3 is 1.42 bits per heavy atom. The molecule has 0 aromatic heterocycles. The van der Waals surface area contributed by atoms with Gasteiger partial charge in [0.15, 0.2) is 12.4 Å². The van der Waals surface area contributed by atoms with Gasteiger partial charge in [-0.25, -0.2) is 0 Å². The molecule has 0 amide bonds. The molecule has 0 spiro atoms. The van der Waals surface area contributed by atoms with E-state index >= 15 is 0 Å². The van der Waals surface area contributed by atoms with E-state index in [-0.39, 0.29) is 32.0 Å². The molecular weight excluding hydrogens is 700 g/mol. The lowest BCUT2D eigenvalue weighted by Gasteiger charge is -2.39. The lowest BCUT2D eigenvalue weighted by molar-refractivity contribution is -0.305. The van der Waals surface area contributed by atoms with Gasteiger partial charge in [-0.3, -0.25) is 9.59 Å². The summed E-state index contributed by atoms with van der Waals surface area (Å²) in [7, 11) is 0. The van der Waals surface area contributed by atoms with E-state index in [4.69, 9.17) is 18.9 Å². The van der Waals surface area contributed by atoms with Crippen molar-refractivity contribution in [1.82, 2.24) is 0 Å². The van der Waals surface area contributed by atoms with Crippen molar-refractivity contribution in [1.29, 1.82) is 0 Å². The highest BCUT2D eigenvalue weighted by molar-refractivity contribution is 5.70. The van der Waals surface area contributed by atoms with Crippen LogP contribution in [0.3, 0.4) is 0 Å². The SMILES string of the molecule is CCCCCC/C=C\CCCCCCCCCC(=O)OC[C@H](CO[C@H]1O[C@H](CO)[C@@H](O)[C@H](O)[C@H]1O)OC(=O)CCCCCCCCC/C=C\CCCCCC. The van der Waals surface area contributed by atoms with Gasteiger partial charge in [0, 0.05) is 12.8 Å². The van der Waals surface area contributed by atoms with Crippen molar-refractivity contribution in [2.24, 2.45) is 0 Å². The van der Waals surface area contributed by atoms with Crippen molar-refractivity contribution in [2.75, 3.05) is 19.8 Å². The van der Waals surface area contributed by atoms with Crippen molar-refractivity contribution in [3.8, 4) is 0 Å². The first-order valence-electron chi connectivity index (χ1n) is 22.4. The molecule has 0 saturated carbocycles. The molecule has 4 N–H and O–H groups in total. The van der Waals surface area contributed by atoms with E-state index in [0.29, 0.717) is 6.42 Å². The molecule has 1 fully saturated rings. The van der Waals surface area contributed by atoms with Gasteiger partial charge in [-0.1, -0.05) is 141 Å². The van der Waals surface area contributed by atoms with Gasteiger partial charge in [0.25, 0.3) is 0 Å². The Morgan fingerprint density at radius 1 is 0.545 bits per heavy atom. The molecule has 1 saturated heterocycles. The van der Waals surface area contributed by atoms with Crippen molar-refractivity contribution in [3.63, 3.8) is 0 Å². The number of carbonyl (C=O) groups is 2. The van der Waals surface area contributed by atoms with Crippen LogP contribution < -0.4 is 0 Å². The predicted octanol–water partition coefficient (Wildman–Crippen LogP) is 9.33. The second-order valence-electron chi connectivity index (χ2n) is 15.5. The zero-order chi connectivity index (χ0) is 40.2. The highest BCUT2D eigenvalue weighted by Crippen LogP contribution is 2.22. The summed E-state index contributed by atoms with van der Waals surface area (Å²) in [5, 5.41) is 40.0. The van der Waals surface area contributed by atoms with Gasteiger partial charge in [-0.15, -0.1) is 0 Å². The van der Waals surface area contributed by atoms with Crippen molar-refractivity contribution < 1.29 is 49.0 Å². The standard InChI is InChI=1S/C45H82O10/c1-3-5-7-9-11-13-15-17-19-21-23-25-27-29-31-33-40(47)52-36-38(37-53-45-44(51)43(50)42(49)39(35-46)55-45)54-41(48)34-32-30-28-26-24-22-20-18-16-14-12-10-8-6-4-2/h13-16,38-39,42-46,49-51H,3-12,17-37H2,1-2H3/b15-13-,16-14-/t38-,39-,42-,43+,44-,45+/m1/s1.